The summed E-state index contributed by atoms with van der Waals surface area (Å²) in [5.74, 6) is 0. The Morgan fingerprint density at radius 3 is 2.69 bits per heavy atom. The molecule has 0 aliphatic carbocycles. The van der Waals surface area contributed by atoms with E-state index in [1.54, 1.807) is 0 Å². The molecule has 7 nitrogen and oxygen atoms in total. The van der Waals surface area contributed by atoms with Crippen LogP contribution >= 0.6 is 10.7 Å². The number of aromatic nitrogens is 1. The molecule has 1 heterocycles. The van der Waals surface area contributed by atoms with Crippen molar-refractivity contribution < 1.29 is 17.8 Å². The molecule has 0 saturated carbocycles. The van der Waals surface area contributed by atoms with Crippen LogP contribution < -0.4 is 0 Å². The van der Waals surface area contributed by atoms with Gasteiger partial charge in [0.15, 0.2) is 5.58 Å². The Kier molecular flexibility index (Phi) is 2.32. The summed E-state index contributed by atoms with van der Waals surface area (Å²) < 4.78 is 26.6. The molecular formula is C7H3ClN2O5S. The zero-order valence-corrected chi connectivity index (χ0v) is 9.03. The third kappa shape index (κ3) is 1.84. The van der Waals surface area contributed by atoms with Crippen molar-refractivity contribution in [3.63, 3.8) is 0 Å². The van der Waals surface area contributed by atoms with Gasteiger partial charge in [0.05, 0.1) is 4.92 Å². The zero-order valence-electron chi connectivity index (χ0n) is 7.45. The minimum atomic E-state index is -4.07. The fourth-order valence-electron chi connectivity index (χ4n) is 1.11. The minimum absolute atomic E-state index is 0.0634. The van der Waals surface area contributed by atoms with Gasteiger partial charge in [-0.05, 0) is 6.07 Å². The average molecular weight is 263 g/mol. The van der Waals surface area contributed by atoms with Gasteiger partial charge in [0.1, 0.15) is 5.52 Å². The summed E-state index contributed by atoms with van der Waals surface area (Å²) in [7, 11) is 0.941. The van der Waals surface area contributed by atoms with E-state index in [4.69, 9.17) is 15.1 Å². The predicted molar refractivity (Wildman–Crippen MR) is 53.7 cm³/mol. The Morgan fingerprint density at radius 1 is 1.44 bits per heavy atom. The first-order chi connectivity index (χ1) is 7.38. The number of non-ortho nitro benzene ring substituents is 1. The summed E-state index contributed by atoms with van der Waals surface area (Å²) in [6.45, 7) is 0. The summed E-state index contributed by atoms with van der Waals surface area (Å²) in [5, 5.41) is 9.77. The van der Waals surface area contributed by atoms with Gasteiger partial charge < -0.3 is 4.42 Å². The Morgan fingerprint density at radius 2 is 2.12 bits per heavy atom. The molecule has 2 aromatic rings. The van der Waals surface area contributed by atoms with Crippen LogP contribution in [0, 0.1) is 10.1 Å². The smallest absolute Gasteiger partial charge is 0.332 e. The third-order valence-electron chi connectivity index (χ3n) is 1.77. The number of hydrogen-bond acceptors (Lipinski definition) is 6. The molecular weight excluding hydrogens is 260 g/mol. The standard InChI is InChI=1S/C7H3ClN2O5S/c8-16(13,14)7-9-5-3-4(10(11)12)1-2-6(5)15-7/h1-3H. The number of oxazole rings is 1. The van der Waals surface area contributed by atoms with Gasteiger partial charge in [0, 0.05) is 22.8 Å². The van der Waals surface area contributed by atoms with Gasteiger partial charge >= 0.3 is 14.3 Å². The Balaban J connectivity index is 2.68. The molecule has 0 fully saturated rings. The summed E-state index contributed by atoms with van der Waals surface area (Å²) in [5.41, 5.74) is -0.0300. The number of halogens is 1. The highest BCUT2D eigenvalue weighted by molar-refractivity contribution is 8.13. The summed E-state index contributed by atoms with van der Waals surface area (Å²) in [6.07, 6.45) is 0. The summed E-state index contributed by atoms with van der Waals surface area (Å²) in [4.78, 5) is 13.4. The fourth-order valence-corrected chi connectivity index (χ4v) is 1.71. The lowest BCUT2D eigenvalue weighted by molar-refractivity contribution is -0.384. The van der Waals surface area contributed by atoms with Crippen LogP contribution in [0.2, 0.25) is 0 Å². The van der Waals surface area contributed by atoms with E-state index >= 15 is 0 Å². The first-order valence-electron chi connectivity index (χ1n) is 3.87. The maximum Gasteiger partial charge on any atom is 0.332 e. The SMILES string of the molecule is O=[N+]([O-])c1ccc2oc(S(=O)(=O)Cl)nc2c1. The van der Waals surface area contributed by atoms with Gasteiger partial charge in [-0.1, -0.05) is 0 Å². The molecule has 0 bridgehead atoms. The number of nitrogens with zero attached hydrogens (tertiary/aromatic N) is 2. The van der Waals surface area contributed by atoms with E-state index in [-0.39, 0.29) is 16.8 Å². The second-order valence-electron chi connectivity index (χ2n) is 2.83. The van der Waals surface area contributed by atoms with Crippen LogP contribution in [0.5, 0.6) is 0 Å². The second kappa shape index (κ2) is 3.42. The molecule has 84 valence electrons. The molecule has 0 radical (unpaired) electrons. The Bertz CT molecular complexity index is 677. The molecule has 0 unspecified atom stereocenters. The molecule has 9 heteroatoms. The van der Waals surface area contributed by atoms with E-state index in [0.717, 1.165) is 6.07 Å². The summed E-state index contributed by atoms with van der Waals surface area (Å²) >= 11 is 0. The van der Waals surface area contributed by atoms with E-state index in [2.05, 4.69) is 4.98 Å². The average Bonchev–Trinajstić information content (AvgIpc) is 2.58. The lowest BCUT2D eigenvalue weighted by Gasteiger charge is -1.88. The van der Waals surface area contributed by atoms with Crippen molar-refractivity contribution in [3.8, 4) is 0 Å². The van der Waals surface area contributed by atoms with Crippen LogP contribution in [0.4, 0.5) is 5.69 Å². The van der Waals surface area contributed by atoms with Gasteiger partial charge in [0.25, 0.3) is 5.69 Å². The molecule has 0 aliphatic heterocycles. The molecule has 0 amide bonds. The molecule has 2 rings (SSSR count). The monoisotopic (exact) mass is 262 g/mol. The first kappa shape index (κ1) is 10.8. The van der Waals surface area contributed by atoms with Gasteiger partial charge in [-0.25, -0.2) is 8.42 Å². The maximum atomic E-state index is 10.9. The van der Waals surface area contributed by atoms with Crippen molar-refractivity contribution in [2.24, 2.45) is 0 Å². The predicted octanol–water partition coefficient (Wildman–Crippen LogP) is 1.66. The Hall–Kier alpha value is -1.67. The highest BCUT2D eigenvalue weighted by atomic mass is 35.7. The van der Waals surface area contributed by atoms with Crippen LogP contribution in [0.15, 0.2) is 27.8 Å². The number of nitro groups is 1. The van der Waals surface area contributed by atoms with Crippen LogP contribution in [-0.4, -0.2) is 18.3 Å². The van der Waals surface area contributed by atoms with Crippen molar-refractivity contribution in [2.75, 3.05) is 0 Å². The maximum absolute atomic E-state index is 10.9. The molecule has 16 heavy (non-hydrogen) atoms. The van der Waals surface area contributed by atoms with Gasteiger partial charge in [-0.15, -0.1) is 0 Å². The van der Waals surface area contributed by atoms with Crippen molar-refractivity contribution in [3.05, 3.63) is 28.3 Å². The molecule has 0 atom stereocenters. The topological polar surface area (TPSA) is 103 Å². The Labute approximate surface area is 93.2 Å². The number of hydrogen-bond donors (Lipinski definition) is 0. The van der Waals surface area contributed by atoms with E-state index in [9.17, 15) is 18.5 Å². The largest absolute Gasteiger partial charge is 0.427 e. The van der Waals surface area contributed by atoms with Crippen molar-refractivity contribution in [1.82, 2.24) is 4.98 Å². The van der Waals surface area contributed by atoms with E-state index in [1.165, 1.54) is 12.1 Å². The highest BCUT2D eigenvalue weighted by Gasteiger charge is 2.19. The molecule has 1 aromatic carbocycles. The molecule has 0 saturated heterocycles. The van der Waals surface area contributed by atoms with Gasteiger partial charge in [0.2, 0.25) is 0 Å². The minimum Gasteiger partial charge on any atom is -0.427 e. The van der Waals surface area contributed by atoms with Gasteiger partial charge in [-0.2, -0.15) is 4.98 Å². The van der Waals surface area contributed by atoms with Gasteiger partial charge in [-0.3, -0.25) is 10.1 Å². The van der Waals surface area contributed by atoms with Crippen LogP contribution in [0.1, 0.15) is 0 Å². The zero-order chi connectivity index (χ0) is 11.9. The van der Waals surface area contributed by atoms with E-state index in [0.29, 0.717) is 0 Å². The normalized spacial score (nSPS) is 11.8. The van der Waals surface area contributed by atoms with E-state index in [1.807, 2.05) is 0 Å². The van der Waals surface area contributed by atoms with Crippen LogP contribution in [0.3, 0.4) is 0 Å². The second-order valence-corrected chi connectivity index (χ2v) is 5.27. The van der Waals surface area contributed by atoms with Crippen LogP contribution in [-0.2, 0) is 9.05 Å². The first-order valence-corrected chi connectivity index (χ1v) is 6.18. The molecule has 0 spiro atoms. The van der Waals surface area contributed by atoms with Crippen LogP contribution in [0.25, 0.3) is 11.1 Å². The lowest BCUT2D eigenvalue weighted by Crippen LogP contribution is -1.89. The van der Waals surface area contributed by atoms with Crippen molar-refractivity contribution in [1.29, 1.82) is 0 Å². The molecule has 0 aliphatic rings. The van der Waals surface area contributed by atoms with E-state index < -0.39 is 19.2 Å². The highest BCUT2D eigenvalue weighted by Crippen LogP contribution is 2.24. The third-order valence-corrected chi connectivity index (χ3v) is 2.76. The molecule has 1 aromatic heterocycles. The molecule has 0 N–H and O–H groups in total. The summed E-state index contributed by atoms with van der Waals surface area (Å²) in [6, 6.07) is 3.54. The number of nitro benzene ring substituents is 1. The number of rotatable bonds is 2. The lowest BCUT2D eigenvalue weighted by atomic mass is 10.3. The quantitative estimate of drug-likeness (QED) is 0.463. The van der Waals surface area contributed by atoms with Crippen molar-refractivity contribution in [2.45, 2.75) is 5.22 Å². The van der Waals surface area contributed by atoms with Crippen molar-refractivity contribution >= 4 is 36.5 Å². The fraction of sp³-hybridized carbons (Fsp3) is 0. The number of benzene rings is 1. The number of fused-ring (bicyclic) bond motifs is 1.